The number of hydrogen-bond donors (Lipinski definition) is 5. The number of aliphatic hydroxyl groups is 3. The summed E-state index contributed by atoms with van der Waals surface area (Å²) in [4.78, 5) is 36.0. The van der Waals surface area contributed by atoms with Gasteiger partial charge in [0.25, 0.3) is 5.56 Å². The van der Waals surface area contributed by atoms with Crippen LogP contribution in [-0.4, -0.2) is 77.6 Å². The molecule has 4 rings (SSSR count). The third-order valence-electron chi connectivity index (χ3n) is 6.87. The molecule has 1 aliphatic heterocycles. The van der Waals surface area contributed by atoms with Crippen LogP contribution in [0.3, 0.4) is 0 Å². The van der Waals surface area contributed by atoms with Crippen molar-refractivity contribution >= 4 is 34.8 Å². The second-order valence-corrected chi connectivity index (χ2v) is 10.7. The SMILES string of the molecule is CC1CCC(C(C)C)C(OC(=O)CSc2nc3c(=O)[nH]c(N)nc3n2C2OC(CO)C(O)C2O)C1. The molecule has 0 aromatic carbocycles. The van der Waals surface area contributed by atoms with Crippen LogP contribution >= 0.6 is 11.8 Å². The second-order valence-electron chi connectivity index (χ2n) is 9.76. The molecule has 2 fully saturated rings. The molecule has 1 aliphatic carbocycles. The third-order valence-corrected chi connectivity index (χ3v) is 7.80. The monoisotopic (exact) mass is 511 g/mol. The fourth-order valence-electron chi connectivity index (χ4n) is 4.98. The van der Waals surface area contributed by atoms with Crippen molar-refractivity contribution in [1.82, 2.24) is 19.5 Å². The van der Waals surface area contributed by atoms with Gasteiger partial charge in [0.1, 0.15) is 24.4 Å². The minimum absolute atomic E-state index is 0.0259. The standard InChI is InChI=1S/C22H33N5O7S/c1-9(2)11-5-4-10(3)6-12(11)33-14(29)8-35-22-24-15-18(25-21(23)26-19(15)32)27(22)20-17(31)16(30)13(7-28)34-20/h9-13,16-17,20,28,30-31H,4-8H2,1-3H3,(H3,23,25,26,32). The number of thioether (sulfide) groups is 1. The van der Waals surface area contributed by atoms with Gasteiger partial charge in [0.15, 0.2) is 22.5 Å². The predicted molar refractivity (Wildman–Crippen MR) is 128 cm³/mol. The van der Waals surface area contributed by atoms with Crippen molar-refractivity contribution < 1.29 is 29.6 Å². The number of hydrogen-bond acceptors (Lipinski definition) is 11. The van der Waals surface area contributed by atoms with Crippen LogP contribution in [0.5, 0.6) is 0 Å². The summed E-state index contributed by atoms with van der Waals surface area (Å²) in [5.74, 6) is 0.496. The number of nitrogens with zero attached hydrogens (tertiary/aromatic N) is 3. The highest BCUT2D eigenvalue weighted by Crippen LogP contribution is 2.37. The molecule has 0 amide bonds. The molecule has 2 aromatic heterocycles. The highest BCUT2D eigenvalue weighted by atomic mass is 32.2. The Morgan fingerprint density at radius 3 is 2.71 bits per heavy atom. The van der Waals surface area contributed by atoms with Crippen molar-refractivity contribution in [3.63, 3.8) is 0 Å². The van der Waals surface area contributed by atoms with E-state index in [1.54, 1.807) is 0 Å². The Balaban J connectivity index is 1.58. The number of aliphatic hydroxyl groups excluding tert-OH is 3. The minimum Gasteiger partial charge on any atom is -0.461 e. The Morgan fingerprint density at radius 1 is 1.31 bits per heavy atom. The number of anilines is 1. The van der Waals surface area contributed by atoms with Crippen molar-refractivity contribution in [3.8, 4) is 0 Å². The van der Waals surface area contributed by atoms with E-state index in [1.165, 1.54) is 4.57 Å². The summed E-state index contributed by atoms with van der Waals surface area (Å²) in [6, 6.07) is 0. The van der Waals surface area contributed by atoms with Gasteiger partial charge in [-0.1, -0.05) is 39.0 Å². The van der Waals surface area contributed by atoms with Gasteiger partial charge in [0, 0.05) is 0 Å². The van der Waals surface area contributed by atoms with Crippen molar-refractivity contribution in [1.29, 1.82) is 0 Å². The average molecular weight is 512 g/mol. The maximum atomic E-state index is 12.8. The van der Waals surface area contributed by atoms with Crippen LogP contribution in [-0.2, 0) is 14.3 Å². The van der Waals surface area contributed by atoms with E-state index >= 15 is 0 Å². The molecular formula is C22H33N5O7S. The Kier molecular flexibility index (Phi) is 7.71. The van der Waals surface area contributed by atoms with E-state index < -0.39 is 42.7 Å². The summed E-state index contributed by atoms with van der Waals surface area (Å²) in [6.07, 6.45) is -2.26. The largest absolute Gasteiger partial charge is 0.461 e. The summed E-state index contributed by atoms with van der Waals surface area (Å²) in [5, 5.41) is 30.4. The van der Waals surface area contributed by atoms with Gasteiger partial charge in [0.05, 0.1) is 12.4 Å². The van der Waals surface area contributed by atoms with E-state index in [0.29, 0.717) is 17.8 Å². The van der Waals surface area contributed by atoms with E-state index in [9.17, 15) is 24.9 Å². The zero-order chi connectivity index (χ0) is 25.4. The first-order valence-corrected chi connectivity index (χ1v) is 12.8. The van der Waals surface area contributed by atoms with Crippen LogP contribution in [0.2, 0.25) is 0 Å². The lowest BCUT2D eigenvalue weighted by atomic mass is 9.75. The molecule has 0 spiro atoms. The van der Waals surface area contributed by atoms with Gasteiger partial charge < -0.3 is 30.5 Å². The number of imidazole rings is 1. The lowest BCUT2D eigenvalue weighted by Gasteiger charge is -2.36. The number of ether oxygens (including phenoxy) is 2. The molecule has 3 heterocycles. The van der Waals surface area contributed by atoms with Crippen LogP contribution in [0.25, 0.3) is 11.2 Å². The zero-order valence-electron chi connectivity index (χ0n) is 20.0. The van der Waals surface area contributed by atoms with E-state index in [4.69, 9.17) is 15.2 Å². The van der Waals surface area contributed by atoms with Crippen molar-refractivity contribution in [3.05, 3.63) is 10.4 Å². The first-order chi connectivity index (χ1) is 16.6. The third kappa shape index (κ3) is 5.19. The van der Waals surface area contributed by atoms with Crippen molar-refractivity contribution in [2.24, 2.45) is 17.8 Å². The van der Waals surface area contributed by atoms with Crippen LogP contribution < -0.4 is 11.3 Å². The smallest absolute Gasteiger partial charge is 0.316 e. The fourth-order valence-corrected chi connectivity index (χ4v) is 5.78. The van der Waals surface area contributed by atoms with Gasteiger partial charge in [-0.3, -0.25) is 19.1 Å². The lowest BCUT2D eigenvalue weighted by Crippen LogP contribution is -2.36. The molecule has 7 unspecified atom stereocenters. The average Bonchev–Trinajstić information content (AvgIpc) is 3.29. The van der Waals surface area contributed by atoms with Crippen LogP contribution in [0.4, 0.5) is 5.95 Å². The molecule has 2 aliphatic rings. The molecule has 0 radical (unpaired) electrons. The first-order valence-electron chi connectivity index (χ1n) is 11.8. The summed E-state index contributed by atoms with van der Waals surface area (Å²) in [6.45, 7) is 5.90. The Morgan fingerprint density at radius 2 is 2.06 bits per heavy atom. The number of nitrogen functional groups attached to an aromatic ring is 1. The minimum atomic E-state index is -1.44. The number of fused-ring (bicyclic) bond motifs is 1. The number of nitrogens with two attached hydrogens (primary N) is 1. The number of carbonyl (C=O) groups excluding carboxylic acids is 1. The van der Waals surface area contributed by atoms with Gasteiger partial charge in [-0.2, -0.15) is 4.98 Å². The lowest BCUT2D eigenvalue weighted by molar-refractivity contribution is -0.152. The predicted octanol–water partition coefficient (Wildman–Crippen LogP) is 0.409. The van der Waals surface area contributed by atoms with E-state index in [1.807, 2.05) is 0 Å². The number of nitrogens with one attached hydrogen (secondary N) is 1. The number of carbonyl (C=O) groups is 1. The maximum absolute atomic E-state index is 12.8. The van der Waals surface area contributed by atoms with Crippen LogP contribution in [0, 0.1) is 17.8 Å². The molecule has 13 heteroatoms. The van der Waals surface area contributed by atoms with E-state index in [0.717, 1.165) is 31.0 Å². The molecule has 0 bridgehead atoms. The summed E-state index contributed by atoms with van der Waals surface area (Å²) < 4.78 is 12.8. The zero-order valence-corrected chi connectivity index (χ0v) is 20.8. The first kappa shape index (κ1) is 25.9. The number of rotatable bonds is 7. The van der Waals surface area contributed by atoms with Crippen molar-refractivity contribution in [2.75, 3.05) is 18.1 Å². The topological polar surface area (TPSA) is 186 Å². The molecule has 12 nitrogen and oxygen atoms in total. The van der Waals surface area contributed by atoms with Gasteiger partial charge in [0.2, 0.25) is 5.95 Å². The number of H-pyrrole nitrogens is 1. The number of aromatic nitrogens is 4. The Hall–Kier alpha value is -2.19. The fraction of sp³-hybridized carbons (Fsp3) is 0.727. The molecule has 35 heavy (non-hydrogen) atoms. The molecular weight excluding hydrogens is 478 g/mol. The highest BCUT2D eigenvalue weighted by Gasteiger charge is 2.45. The van der Waals surface area contributed by atoms with Gasteiger partial charge in [-0.15, -0.1) is 0 Å². The normalized spacial score (nSPS) is 31.3. The Labute approximate surface area is 206 Å². The van der Waals surface area contributed by atoms with E-state index in [2.05, 4.69) is 35.7 Å². The summed E-state index contributed by atoms with van der Waals surface area (Å²) >= 11 is 1.00. The van der Waals surface area contributed by atoms with Crippen LogP contribution in [0.1, 0.15) is 46.3 Å². The molecule has 1 saturated heterocycles. The molecule has 6 N–H and O–H groups in total. The molecule has 7 atom stereocenters. The van der Waals surface area contributed by atoms with Crippen LogP contribution in [0.15, 0.2) is 9.95 Å². The highest BCUT2D eigenvalue weighted by molar-refractivity contribution is 7.99. The van der Waals surface area contributed by atoms with Gasteiger partial charge >= 0.3 is 5.97 Å². The van der Waals surface area contributed by atoms with E-state index in [-0.39, 0.29) is 34.1 Å². The summed E-state index contributed by atoms with van der Waals surface area (Å²) in [5.41, 5.74) is 5.08. The maximum Gasteiger partial charge on any atom is 0.316 e. The quantitative estimate of drug-likeness (QED) is 0.256. The number of aromatic amines is 1. The number of esters is 1. The molecule has 1 saturated carbocycles. The Bertz CT molecular complexity index is 1120. The van der Waals surface area contributed by atoms with Gasteiger partial charge in [-0.05, 0) is 30.6 Å². The van der Waals surface area contributed by atoms with Crippen molar-refractivity contribution in [2.45, 2.75) is 75.8 Å². The molecule has 194 valence electrons. The second kappa shape index (κ2) is 10.4. The molecule has 2 aromatic rings. The van der Waals surface area contributed by atoms with Gasteiger partial charge in [-0.25, -0.2) is 4.98 Å². The summed E-state index contributed by atoms with van der Waals surface area (Å²) in [7, 11) is 0.